The summed E-state index contributed by atoms with van der Waals surface area (Å²) in [7, 11) is 0. The number of hydrogen-bond donors (Lipinski definition) is 1. The van der Waals surface area contributed by atoms with Gasteiger partial charge in [-0.05, 0) is 46.4 Å². The highest BCUT2D eigenvalue weighted by molar-refractivity contribution is 9.11. The van der Waals surface area contributed by atoms with Gasteiger partial charge in [-0.3, -0.25) is 4.79 Å². The average Bonchev–Trinajstić information content (AvgIpc) is 3.17. The normalized spacial score (nSPS) is 22.0. The second-order valence-electron chi connectivity index (χ2n) is 5.63. The van der Waals surface area contributed by atoms with Gasteiger partial charge in [0, 0.05) is 18.5 Å². The molecule has 2 aromatic heterocycles. The molecular formula is C14H16BrN3OS2. The molecule has 3 heterocycles. The Bertz CT molecular complexity index is 669. The van der Waals surface area contributed by atoms with E-state index in [0.717, 1.165) is 33.2 Å². The van der Waals surface area contributed by atoms with Crippen molar-refractivity contribution >= 4 is 44.5 Å². The van der Waals surface area contributed by atoms with E-state index in [1.807, 2.05) is 22.4 Å². The first-order valence-electron chi connectivity index (χ1n) is 6.71. The molecule has 0 saturated carbocycles. The van der Waals surface area contributed by atoms with Crippen LogP contribution < -0.4 is 5.73 Å². The Morgan fingerprint density at radius 2 is 2.38 bits per heavy atom. The minimum absolute atomic E-state index is 0.0188. The van der Waals surface area contributed by atoms with Gasteiger partial charge in [0.2, 0.25) is 0 Å². The van der Waals surface area contributed by atoms with Gasteiger partial charge < -0.3 is 10.6 Å². The van der Waals surface area contributed by atoms with Crippen LogP contribution in [0.2, 0.25) is 0 Å². The first-order chi connectivity index (χ1) is 10.0. The smallest absolute Gasteiger partial charge is 0.273 e. The van der Waals surface area contributed by atoms with Crippen molar-refractivity contribution in [2.24, 2.45) is 11.1 Å². The van der Waals surface area contributed by atoms with E-state index < -0.39 is 0 Å². The molecule has 0 spiro atoms. The zero-order valence-corrected chi connectivity index (χ0v) is 14.9. The highest BCUT2D eigenvalue weighted by Gasteiger charge is 2.35. The van der Waals surface area contributed by atoms with Gasteiger partial charge in [0.15, 0.2) is 0 Å². The van der Waals surface area contributed by atoms with Crippen molar-refractivity contribution in [3.05, 3.63) is 27.0 Å². The van der Waals surface area contributed by atoms with Gasteiger partial charge in [-0.2, -0.15) is 0 Å². The summed E-state index contributed by atoms with van der Waals surface area (Å²) in [6.45, 7) is 4.24. The number of nitrogens with zero attached hydrogens (tertiary/aromatic N) is 2. The van der Waals surface area contributed by atoms with Crippen LogP contribution in [0, 0.1) is 5.41 Å². The fourth-order valence-electron chi connectivity index (χ4n) is 2.44. The molecule has 2 aromatic rings. The van der Waals surface area contributed by atoms with Gasteiger partial charge in [-0.1, -0.05) is 6.92 Å². The predicted octanol–water partition coefficient (Wildman–Crippen LogP) is 3.45. The van der Waals surface area contributed by atoms with Crippen LogP contribution >= 0.6 is 38.6 Å². The fourth-order valence-corrected chi connectivity index (χ4v) is 4.69. The number of halogens is 1. The summed E-state index contributed by atoms with van der Waals surface area (Å²) in [5.41, 5.74) is 6.39. The molecule has 0 radical (unpaired) electrons. The summed E-state index contributed by atoms with van der Waals surface area (Å²) in [5, 5.41) is 2.75. The summed E-state index contributed by atoms with van der Waals surface area (Å²) in [6, 6.07) is 4.01. The summed E-state index contributed by atoms with van der Waals surface area (Å²) in [4.78, 5) is 20.0. The van der Waals surface area contributed by atoms with Crippen LogP contribution in [-0.4, -0.2) is 35.4 Å². The Kier molecular flexibility index (Phi) is 4.18. The van der Waals surface area contributed by atoms with Gasteiger partial charge in [0.05, 0.1) is 8.66 Å². The lowest BCUT2D eigenvalue weighted by Gasteiger charge is -2.22. The van der Waals surface area contributed by atoms with E-state index in [1.165, 1.54) is 11.3 Å². The van der Waals surface area contributed by atoms with Crippen LogP contribution in [-0.2, 0) is 0 Å². The van der Waals surface area contributed by atoms with Crippen LogP contribution in [0.3, 0.4) is 0 Å². The van der Waals surface area contributed by atoms with E-state index >= 15 is 0 Å². The van der Waals surface area contributed by atoms with Crippen molar-refractivity contribution in [2.45, 2.75) is 13.3 Å². The molecule has 1 aliphatic heterocycles. The standard InChI is InChI=1S/C14H16BrN3OS2/c1-14(7-16)4-5-18(8-14)13(19)9-6-20-12(17-9)10-2-3-11(15)21-10/h2-3,6H,4-5,7-8,16H2,1H3. The van der Waals surface area contributed by atoms with E-state index in [0.29, 0.717) is 12.2 Å². The molecule has 1 aliphatic rings. The number of likely N-dealkylation sites (tertiary alicyclic amines) is 1. The highest BCUT2D eigenvalue weighted by atomic mass is 79.9. The van der Waals surface area contributed by atoms with E-state index in [-0.39, 0.29) is 11.3 Å². The van der Waals surface area contributed by atoms with Crippen LogP contribution in [0.4, 0.5) is 0 Å². The first-order valence-corrected chi connectivity index (χ1v) is 9.20. The van der Waals surface area contributed by atoms with Gasteiger partial charge >= 0.3 is 0 Å². The topological polar surface area (TPSA) is 59.2 Å². The van der Waals surface area contributed by atoms with E-state index in [9.17, 15) is 4.79 Å². The zero-order valence-electron chi connectivity index (χ0n) is 11.6. The predicted molar refractivity (Wildman–Crippen MR) is 90.8 cm³/mol. The molecule has 1 unspecified atom stereocenters. The SMILES string of the molecule is CC1(CN)CCN(C(=O)c2csc(-c3ccc(Br)s3)n2)C1. The van der Waals surface area contributed by atoms with Crippen molar-refractivity contribution in [1.82, 2.24) is 9.88 Å². The lowest BCUT2D eigenvalue weighted by Crippen LogP contribution is -2.34. The number of carbonyl (C=O) groups excluding carboxylic acids is 1. The maximum absolute atomic E-state index is 12.5. The van der Waals surface area contributed by atoms with Gasteiger partial charge in [-0.15, -0.1) is 22.7 Å². The van der Waals surface area contributed by atoms with Crippen LogP contribution in [0.5, 0.6) is 0 Å². The Balaban J connectivity index is 1.76. The summed E-state index contributed by atoms with van der Waals surface area (Å²) < 4.78 is 1.07. The molecule has 1 atom stereocenters. The maximum Gasteiger partial charge on any atom is 0.273 e. The van der Waals surface area contributed by atoms with Gasteiger partial charge in [-0.25, -0.2) is 4.98 Å². The number of rotatable bonds is 3. The molecule has 0 bridgehead atoms. The van der Waals surface area contributed by atoms with Crippen LogP contribution in [0.1, 0.15) is 23.8 Å². The van der Waals surface area contributed by atoms with Crippen molar-refractivity contribution in [3.63, 3.8) is 0 Å². The lowest BCUT2D eigenvalue weighted by molar-refractivity contribution is 0.0772. The first kappa shape index (κ1) is 15.1. The molecule has 7 heteroatoms. The third kappa shape index (κ3) is 3.06. The molecule has 2 N–H and O–H groups in total. The van der Waals surface area contributed by atoms with E-state index in [1.54, 1.807) is 11.3 Å². The molecule has 1 amide bonds. The molecule has 0 aliphatic carbocycles. The van der Waals surface area contributed by atoms with E-state index in [4.69, 9.17) is 5.73 Å². The molecule has 0 aromatic carbocycles. The monoisotopic (exact) mass is 385 g/mol. The number of thiophene rings is 1. The molecule has 4 nitrogen and oxygen atoms in total. The second-order valence-corrected chi connectivity index (χ2v) is 8.95. The number of thiazole rings is 1. The Labute approximate surface area is 140 Å². The number of aromatic nitrogens is 1. The molecule has 112 valence electrons. The Morgan fingerprint density at radius 3 is 3.00 bits per heavy atom. The average molecular weight is 386 g/mol. The lowest BCUT2D eigenvalue weighted by atomic mass is 9.90. The third-order valence-electron chi connectivity index (χ3n) is 3.85. The largest absolute Gasteiger partial charge is 0.337 e. The fraction of sp³-hybridized carbons (Fsp3) is 0.429. The van der Waals surface area contributed by atoms with Crippen LogP contribution in [0.15, 0.2) is 21.3 Å². The molecule has 3 rings (SSSR count). The number of nitrogens with two attached hydrogens (primary N) is 1. The van der Waals surface area contributed by atoms with Gasteiger partial charge in [0.25, 0.3) is 5.91 Å². The number of carbonyl (C=O) groups is 1. The minimum atomic E-state index is 0.0188. The summed E-state index contributed by atoms with van der Waals surface area (Å²) >= 11 is 6.59. The summed E-state index contributed by atoms with van der Waals surface area (Å²) in [5.74, 6) is 0.0188. The number of hydrogen-bond acceptors (Lipinski definition) is 5. The quantitative estimate of drug-likeness (QED) is 0.879. The van der Waals surface area contributed by atoms with Crippen molar-refractivity contribution in [2.75, 3.05) is 19.6 Å². The summed E-state index contributed by atoms with van der Waals surface area (Å²) in [6.07, 6.45) is 0.962. The maximum atomic E-state index is 12.5. The van der Waals surface area contributed by atoms with Crippen molar-refractivity contribution in [1.29, 1.82) is 0 Å². The van der Waals surface area contributed by atoms with Crippen molar-refractivity contribution in [3.8, 4) is 9.88 Å². The Morgan fingerprint density at radius 1 is 1.57 bits per heavy atom. The molecule has 1 fully saturated rings. The molecular weight excluding hydrogens is 370 g/mol. The van der Waals surface area contributed by atoms with E-state index in [2.05, 4.69) is 27.8 Å². The number of amides is 1. The van der Waals surface area contributed by atoms with Gasteiger partial charge in [0.1, 0.15) is 10.7 Å². The third-order valence-corrected chi connectivity index (χ3v) is 6.48. The van der Waals surface area contributed by atoms with Crippen LogP contribution in [0.25, 0.3) is 9.88 Å². The Hall–Kier alpha value is -0.760. The minimum Gasteiger partial charge on any atom is -0.337 e. The molecule has 1 saturated heterocycles. The zero-order chi connectivity index (χ0) is 15.0. The second kappa shape index (κ2) is 5.79. The van der Waals surface area contributed by atoms with Crippen molar-refractivity contribution < 1.29 is 4.79 Å². The highest BCUT2D eigenvalue weighted by Crippen LogP contribution is 2.34. The molecule has 21 heavy (non-hydrogen) atoms.